The first-order valence-corrected chi connectivity index (χ1v) is 10.9. The van der Waals surface area contributed by atoms with Gasteiger partial charge in [-0.2, -0.15) is 0 Å². The fourth-order valence-electron chi connectivity index (χ4n) is 3.21. The molecule has 148 valence electrons. The topological polar surface area (TPSA) is 56.0 Å². The van der Waals surface area contributed by atoms with Gasteiger partial charge in [0.05, 0.1) is 23.1 Å². The molecule has 0 bridgehead atoms. The molecule has 2 aromatic heterocycles. The lowest BCUT2D eigenvalue weighted by molar-refractivity contribution is -0.115. The highest BCUT2D eigenvalue weighted by Gasteiger charge is 2.16. The number of aryl methyl sites for hydroxylation is 3. The molecule has 0 saturated carbocycles. The molecule has 1 amide bonds. The zero-order valence-electron chi connectivity index (χ0n) is 16.4. The van der Waals surface area contributed by atoms with Crippen LogP contribution in [0.25, 0.3) is 11.0 Å². The van der Waals surface area contributed by atoms with Crippen LogP contribution in [0.5, 0.6) is 0 Å². The second-order valence-electron chi connectivity index (χ2n) is 6.96. The van der Waals surface area contributed by atoms with Crippen molar-refractivity contribution in [2.45, 2.75) is 23.1 Å². The first kappa shape index (κ1) is 19.5. The molecule has 0 aliphatic rings. The van der Waals surface area contributed by atoms with Gasteiger partial charge in [-0.1, -0.05) is 35.5 Å². The monoisotopic (exact) mass is 423 g/mol. The van der Waals surface area contributed by atoms with Gasteiger partial charge in [0, 0.05) is 28.8 Å². The molecule has 2 heterocycles. The Morgan fingerprint density at radius 2 is 1.76 bits per heavy atom. The SMILES string of the molecule is Cc1ccc(Sc2cc3c(cc2NC(=O)Cc2cccs2)n(C)c(=O)n3C)cc1. The lowest BCUT2D eigenvalue weighted by Gasteiger charge is -2.12. The third kappa shape index (κ3) is 4.02. The Bertz CT molecular complexity index is 1240. The average molecular weight is 424 g/mol. The highest BCUT2D eigenvalue weighted by atomic mass is 32.2. The summed E-state index contributed by atoms with van der Waals surface area (Å²) in [6, 6.07) is 16.0. The van der Waals surface area contributed by atoms with Crippen molar-refractivity contribution in [3.8, 4) is 0 Å². The van der Waals surface area contributed by atoms with E-state index in [0.717, 1.165) is 25.7 Å². The quantitative estimate of drug-likeness (QED) is 0.511. The van der Waals surface area contributed by atoms with Gasteiger partial charge in [-0.25, -0.2) is 4.79 Å². The number of hydrogen-bond donors (Lipinski definition) is 1. The van der Waals surface area contributed by atoms with Gasteiger partial charge in [-0.05, 0) is 42.6 Å². The maximum atomic E-state index is 12.6. The normalized spacial score (nSPS) is 11.1. The molecule has 0 spiro atoms. The summed E-state index contributed by atoms with van der Waals surface area (Å²) < 4.78 is 3.23. The van der Waals surface area contributed by atoms with Gasteiger partial charge < -0.3 is 5.32 Å². The minimum atomic E-state index is -0.0895. The zero-order valence-corrected chi connectivity index (χ0v) is 18.1. The number of carbonyl (C=O) groups excluding carboxylic acids is 1. The van der Waals surface area contributed by atoms with Crippen molar-refractivity contribution in [3.63, 3.8) is 0 Å². The van der Waals surface area contributed by atoms with E-state index < -0.39 is 0 Å². The van der Waals surface area contributed by atoms with Crippen molar-refractivity contribution in [1.82, 2.24) is 9.13 Å². The van der Waals surface area contributed by atoms with Gasteiger partial charge in [-0.15, -0.1) is 11.3 Å². The third-order valence-electron chi connectivity index (χ3n) is 4.81. The van der Waals surface area contributed by atoms with Crippen LogP contribution >= 0.6 is 23.1 Å². The number of hydrogen-bond acceptors (Lipinski definition) is 4. The molecule has 0 saturated heterocycles. The van der Waals surface area contributed by atoms with Crippen LogP contribution in [-0.4, -0.2) is 15.0 Å². The summed E-state index contributed by atoms with van der Waals surface area (Å²) in [7, 11) is 3.51. The van der Waals surface area contributed by atoms with Crippen LogP contribution in [0, 0.1) is 6.92 Å². The van der Waals surface area contributed by atoms with E-state index in [9.17, 15) is 9.59 Å². The molecule has 4 rings (SSSR count). The molecule has 0 radical (unpaired) electrons. The fraction of sp³-hybridized carbons (Fsp3) is 0.182. The Kier molecular flexibility index (Phi) is 5.34. The van der Waals surface area contributed by atoms with E-state index in [1.165, 1.54) is 5.56 Å². The van der Waals surface area contributed by atoms with Gasteiger partial charge in [0.25, 0.3) is 0 Å². The smallest absolute Gasteiger partial charge is 0.325 e. The molecule has 29 heavy (non-hydrogen) atoms. The molecule has 4 aromatic rings. The van der Waals surface area contributed by atoms with E-state index >= 15 is 0 Å². The minimum absolute atomic E-state index is 0.0708. The van der Waals surface area contributed by atoms with Gasteiger partial charge in [-0.3, -0.25) is 13.9 Å². The summed E-state index contributed by atoms with van der Waals surface area (Å²) >= 11 is 3.14. The number of amides is 1. The van der Waals surface area contributed by atoms with Gasteiger partial charge in [0.1, 0.15) is 0 Å². The van der Waals surface area contributed by atoms with Crippen LogP contribution in [0.3, 0.4) is 0 Å². The third-order valence-corrected chi connectivity index (χ3v) is 6.75. The molecule has 7 heteroatoms. The highest BCUT2D eigenvalue weighted by Crippen LogP contribution is 2.36. The number of rotatable bonds is 5. The number of nitrogens with zero attached hydrogens (tertiary/aromatic N) is 2. The van der Waals surface area contributed by atoms with Crippen LogP contribution in [0.15, 0.2) is 68.5 Å². The highest BCUT2D eigenvalue weighted by molar-refractivity contribution is 7.99. The summed E-state index contributed by atoms with van der Waals surface area (Å²) in [6.45, 7) is 2.05. The predicted octanol–water partition coefficient (Wildman–Crippen LogP) is 4.58. The first-order valence-electron chi connectivity index (χ1n) is 9.18. The number of thiophene rings is 1. The van der Waals surface area contributed by atoms with E-state index in [1.54, 1.807) is 46.3 Å². The minimum Gasteiger partial charge on any atom is -0.325 e. The van der Waals surface area contributed by atoms with Crippen molar-refractivity contribution < 1.29 is 4.79 Å². The maximum Gasteiger partial charge on any atom is 0.328 e. The number of fused-ring (bicyclic) bond motifs is 1. The molecule has 0 fully saturated rings. The van der Waals surface area contributed by atoms with Crippen LogP contribution in [0.1, 0.15) is 10.4 Å². The standard InChI is InChI=1S/C22H21N3O2S2/c1-14-6-8-15(9-7-14)29-20-13-19-18(24(2)22(27)25(19)3)12-17(20)23-21(26)11-16-5-4-10-28-16/h4-10,12-13H,11H2,1-3H3,(H,23,26). The van der Waals surface area contributed by atoms with Crippen LogP contribution in [0.4, 0.5) is 5.69 Å². The number of aromatic nitrogens is 2. The number of carbonyl (C=O) groups is 1. The summed E-state index contributed by atoms with van der Waals surface area (Å²) in [5.74, 6) is -0.0708. The number of nitrogens with one attached hydrogen (secondary N) is 1. The summed E-state index contributed by atoms with van der Waals surface area (Å²) in [4.78, 5) is 28.0. The number of anilines is 1. The van der Waals surface area contributed by atoms with Gasteiger partial charge >= 0.3 is 5.69 Å². The molecular weight excluding hydrogens is 402 g/mol. The van der Waals surface area contributed by atoms with Gasteiger partial charge in [0.2, 0.25) is 5.91 Å². The summed E-state index contributed by atoms with van der Waals surface area (Å²) in [5, 5.41) is 5.02. The van der Waals surface area contributed by atoms with Crippen LogP contribution in [0.2, 0.25) is 0 Å². The van der Waals surface area contributed by atoms with E-state index in [0.29, 0.717) is 12.1 Å². The predicted molar refractivity (Wildman–Crippen MR) is 120 cm³/mol. The second kappa shape index (κ2) is 7.93. The zero-order chi connectivity index (χ0) is 20.5. The molecule has 2 aromatic carbocycles. The van der Waals surface area contributed by atoms with Crippen molar-refractivity contribution >= 4 is 45.7 Å². The van der Waals surface area contributed by atoms with Crippen LogP contribution in [-0.2, 0) is 25.3 Å². The molecule has 1 N–H and O–H groups in total. The van der Waals surface area contributed by atoms with Crippen LogP contribution < -0.4 is 11.0 Å². The first-order chi connectivity index (χ1) is 13.9. The Hall–Kier alpha value is -2.77. The number of imidazole rings is 1. The van der Waals surface area contributed by atoms with E-state index in [-0.39, 0.29) is 11.6 Å². The van der Waals surface area contributed by atoms with Crippen molar-refractivity contribution in [1.29, 1.82) is 0 Å². The molecule has 0 unspecified atom stereocenters. The lowest BCUT2D eigenvalue weighted by atomic mass is 10.2. The average Bonchev–Trinajstić information content (AvgIpc) is 3.27. The van der Waals surface area contributed by atoms with E-state index in [4.69, 9.17) is 0 Å². The Balaban J connectivity index is 1.74. The fourth-order valence-corrected chi connectivity index (χ4v) is 4.83. The molecular formula is C22H21N3O2S2. The Morgan fingerprint density at radius 3 is 2.41 bits per heavy atom. The maximum absolute atomic E-state index is 12.6. The number of benzene rings is 2. The summed E-state index contributed by atoms with van der Waals surface area (Å²) in [6.07, 6.45) is 0.331. The van der Waals surface area contributed by atoms with Crippen molar-refractivity contribution in [3.05, 3.63) is 74.8 Å². The molecule has 0 aliphatic heterocycles. The van der Waals surface area contributed by atoms with Gasteiger partial charge in [0.15, 0.2) is 0 Å². The summed E-state index contributed by atoms with van der Waals surface area (Å²) in [5.41, 5.74) is 3.44. The van der Waals surface area contributed by atoms with Crippen molar-refractivity contribution in [2.75, 3.05) is 5.32 Å². The Morgan fingerprint density at radius 1 is 1.07 bits per heavy atom. The largest absolute Gasteiger partial charge is 0.328 e. The Labute approximate surface area is 177 Å². The lowest BCUT2D eigenvalue weighted by Crippen LogP contribution is -2.19. The van der Waals surface area contributed by atoms with E-state index in [1.807, 2.05) is 29.6 Å². The second-order valence-corrected chi connectivity index (χ2v) is 9.10. The van der Waals surface area contributed by atoms with Crippen molar-refractivity contribution in [2.24, 2.45) is 14.1 Å². The van der Waals surface area contributed by atoms with E-state index in [2.05, 4.69) is 36.5 Å². The molecule has 0 atom stereocenters. The molecule has 5 nitrogen and oxygen atoms in total. The molecule has 0 aliphatic carbocycles.